The molecule has 2 aliphatic heterocycles. The number of benzene rings is 1. The average Bonchev–Trinajstić information content (AvgIpc) is 3.75. The molecule has 0 spiro atoms. The zero-order chi connectivity index (χ0) is 32.8. The van der Waals surface area contributed by atoms with Gasteiger partial charge in [0.15, 0.2) is 5.78 Å². The van der Waals surface area contributed by atoms with Gasteiger partial charge in [0, 0.05) is 43.9 Å². The minimum atomic E-state index is -0.482. The molecule has 2 aliphatic carbocycles. The number of nitrogens with zero attached hydrogens (tertiary/aromatic N) is 2. The third-order valence-electron chi connectivity index (χ3n) is 11.6. The van der Waals surface area contributed by atoms with E-state index in [1.54, 1.807) is 6.07 Å². The van der Waals surface area contributed by atoms with Crippen LogP contribution in [0.5, 0.6) is 0 Å². The first-order valence-electron chi connectivity index (χ1n) is 18.3. The molecule has 4 aliphatic rings. The highest BCUT2D eigenvalue weighted by atomic mass is 19.1. The topological polar surface area (TPSA) is 89.3 Å². The Balaban J connectivity index is 1.10. The van der Waals surface area contributed by atoms with E-state index in [0.717, 1.165) is 95.2 Å². The number of esters is 1. The van der Waals surface area contributed by atoms with Crippen LogP contribution in [0.15, 0.2) is 28.7 Å². The fourth-order valence-corrected chi connectivity index (χ4v) is 8.79. The molecule has 2 saturated heterocycles. The van der Waals surface area contributed by atoms with Crippen molar-refractivity contribution in [2.45, 2.75) is 90.0 Å². The van der Waals surface area contributed by atoms with E-state index in [1.807, 2.05) is 30.0 Å². The van der Waals surface area contributed by atoms with Gasteiger partial charge in [-0.1, -0.05) is 45.1 Å². The second-order valence-electron chi connectivity index (χ2n) is 14.6. The predicted molar refractivity (Wildman–Crippen MR) is 178 cm³/mol. The quantitative estimate of drug-likeness (QED) is 0.188. The van der Waals surface area contributed by atoms with Crippen molar-refractivity contribution in [2.75, 3.05) is 52.7 Å². The Labute approximate surface area is 278 Å². The van der Waals surface area contributed by atoms with E-state index >= 15 is 0 Å². The third kappa shape index (κ3) is 8.27. The summed E-state index contributed by atoms with van der Waals surface area (Å²) >= 11 is 0. The number of hydrogen-bond donors (Lipinski definition) is 0. The van der Waals surface area contributed by atoms with Crippen LogP contribution in [0.25, 0.3) is 11.0 Å². The molecule has 1 unspecified atom stereocenters. The zero-order valence-electron chi connectivity index (χ0n) is 28.1. The van der Waals surface area contributed by atoms with Crippen molar-refractivity contribution < 1.29 is 32.7 Å². The summed E-state index contributed by atoms with van der Waals surface area (Å²) in [5.74, 6) is 0.920. The molecule has 6 rings (SSSR count). The van der Waals surface area contributed by atoms with Gasteiger partial charge in [0.05, 0.1) is 32.5 Å². The molecule has 3 atom stereocenters. The van der Waals surface area contributed by atoms with Crippen molar-refractivity contribution in [1.82, 2.24) is 9.80 Å². The SMILES string of the molecule is CC(CF)C1CCC(C(=O)N2CC[C@@H](C3CCCCC3)[C@H]2C(=O)Cc2ccc3oc(C(=O)OCCCN4CCOCC4)cc3c2)CC1. The summed E-state index contributed by atoms with van der Waals surface area (Å²) in [5, 5.41) is 0.762. The maximum Gasteiger partial charge on any atom is 0.374 e. The number of ketones is 1. The van der Waals surface area contributed by atoms with Crippen LogP contribution in [0, 0.1) is 29.6 Å². The van der Waals surface area contributed by atoms with Crippen molar-refractivity contribution in [3.63, 3.8) is 0 Å². The van der Waals surface area contributed by atoms with Gasteiger partial charge in [-0.05, 0) is 86.0 Å². The summed E-state index contributed by atoms with van der Waals surface area (Å²) in [5.41, 5.74) is 1.44. The number of likely N-dealkylation sites (tertiary alicyclic amines) is 1. The van der Waals surface area contributed by atoms with Crippen LogP contribution in [0.4, 0.5) is 4.39 Å². The minimum Gasteiger partial charge on any atom is -0.460 e. The number of amides is 1. The number of furan rings is 1. The highest BCUT2D eigenvalue weighted by Crippen LogP contribution is 2.42. The third-order valence-corrected chi connectivity index (χ3v) is 11.6. The lowest BCUT2D eigenvalue weighted by atomic mass is 9.74. The van der Waals surface area contributed by atoms with Gasteiger partial charge in [0.2, 0.25) is 11.7 Å². The van der Waals surface area contributed by atoms with Crippen molar-refractivity contribution >= 4 is 28.6 Å². The number of hydrogen-bond acceptors (Lipinski definition) is 7. The number of carbonyl (C=O) groups is 3. The molecule has 0 bridgehead atoms. The first kappa shape index (κ1) is 34.1. The average molecular weight is 653 g/mol. The number of Topliss-reactive ketones (excluding diaryl/α,β-unsaturated/α-hetero) is 1. The molecule has 1 aromatic carbocycles. The fourth-order valence-electron chi connectivity index (χ4n) is 8.79. The van der Waals surface area contributed by atoms with Gasteiger partial charge in [-0.2, -0.15) is 0 Å². The Bertz CT molecular complexity index is 1360. The number of carbonyl (C=O) groups excluding carboxylic acids is 3. The minimum absolute atomic E-state index is 0.0442. The van der Waals surface area contributed by atoms with Gasteiger partial charge in [-0.25, -0.2) is 4.79 Å². The van der Waals surface area contributed by atoms with Crippen LogP contribution >= 0.6 is 0 Å². The van der Waals surface area contributed by atoms with E-state index in [2.05, 4.69) is 4.90 Å². The number of halogens is 1. The number of alkyl halides is 1. The van der Waals surface area contributed by atoms with Gasteiger partial charge >= 0.3 is 5.97 Å². The Morgan fingerprint density at radius 2 is 1.72 bits per heavy atom. The molecule has 4 fully saturated rings. The van der Waals surface area contributed by atoms with Crippen molar-refractivity contribution in [3.8, 4) is 0 Å². The maximum absolute atomic E-state index is 14.2. The molecule has 258 valence electrons. The van der Waals surface area contributed by atoms with E-state index in [1.165, 1.54) is 19.3 Å². The monoisotopic (exact) mass is 652 g/mol. The lowest BCUT2D eigenvalue weighted by Crippen LogP contribution is -2.48. The second-order valence-corrected chi connectivity index (χ2v) is 14.6. The first-order valence-corrected chi connectivity index (χ1v) is 18.3. The smallest absolute Gasteiger partial charge is 0.374 e. The van der Waals surface area contributed by atoms with Crippen molar-refractivity contribution in [2.24, 2.45) is 29.6 Å². The number of rotatable bonds is 12. The van der Waals surface area contributed by atoms with Gasteiger partial charge in [0.1, 0.15) is 5.58 Å². The van der Waals surface area contributed by atoms with Gasteiger partial charge in [-0.15, -0.1) is 0 Å². The predicted octanol–water partition coefficient (Wildman–Crippen LogP) is 6.63. The molecule has 1 aromatic heterocycles. The van der Waals surface area contributed by atoms with Gasteiger partial charge in [0.25, 0.3) is 0 Å². The highest BCUT2D eigenvalue weighted by Gasteiger charge is 2.46. The molecule has 2 saturated carbocycles. The number of morpholine rings is 1. The summed E-state index contributed by atoms with van der Waals surface area (Å²) in [7, 11) is 0. The summed E-state index contributed by atoms with van der Waals surface area (Å²) in [6.07, 6.45) is 11.1. The molecule has 8 nitrogen and oxygen atoms in total. The molecule has 2 aromatic rings. The molecule has 47 heavy (non-hydrogen) atoms. The number of ether oxygens (including phenoxy) is 2. The van der Waals surface area contributed by atoms with E-state index in [-0.39, 0.29) is 48.3 Å². The van der Waals surface area contributed by atoms with Crippen molar-refractivity contribution in [3.05, 3.63) is 35.6 Å². The Morgan fingerprint density at radius 1 is 0.957 bits per heavy atom. The Hall–Kier alpha value is -2.78. The lowest BCUT2D eigenvalue weighted by Gasteiger charge is -2.37. The lowest BCUT2D eigenvalue weighted by molar-refractivity contribution is -0.143. The zero-order valence-corrected chi connectivity index (χ0v) is 28.1. The molecule has 1 amide bonds. The summed E-state index contributed by atoms with van der Waals surface area (Å²) < 4.78 is 30.0. The summed E-state index contributed by atoms with van der Waals surface area (Å²) in [6, 6.07) is 6.95. The van der Waals surface area contributed by atoms with Crippen LogP contribution in [0.3, 0.4) is 0 Å². The van der Waals surface area contributed by atoms with Gasteiger partial charge < -0.3 is 18.8 Å². The van der Waals surface area contributed by atoms with Crippen LogP contribution in [-0.4, -0.2) is 86.2 Å². The Morgan fingerprint density at radius 3 is 2.47 bits per heavy atom. The molecule has 0 radical (unpaired) electrons. The van der Waals surface area contributed by atoms with E-state index in [0.29, 0.717) is 30.6 Å². The Kier molecular flexibility index (Phi) is 11.7. The van der Waals surface area contributed by atoms with E-state index in [4.69, 9.17) is 13.9 Å². The highest BCUT2D eigenvalue weighted by molar-refractivity contribution is 5.94. The fraction of sp³-hybridized carbons (Fsp3) is 0.711. The van der Waals surface area contributed by atoms with Crippen LogP contribution < -0.4 is 0 Å². The second kappa shape index (κ2) is 16.1. The van der Waals surface area contributed by atoms with Gasteiger partial charge in [-0.3, -0.25) is 18.9 Å². The molecule has 0 N–H and O–H groups in total. The summed E-state index contributed by atoms with van der Waals surface area (Å²) in [6.45, 7) is 6.80. The largest absolute Gasteiger partial charge is 0.460 e. The normalized spacial score (nSPS) is 26.8. The standard InChI is InChI=1S/C38H53FN2O6/c1-26(25-39)28-9-11-30(12-10-28)37(43)41-16-14-32(29-6-3-2-4-7-29)36(41)33(42)23-27-8-13-34-31(22-27)24-35(47-34)38(44)46-19-5-15-40-17-20-45-21-18-40/h8,13,22,24,26,28-30,32,36H,2-7,9-12,14-21,23,25H2,1H3/t26?,28?,30?,32-,36-/m0/s1. The molecule has 9 heteroatoms. The van der Waals surface area contributed by atoms with Crippen LogP contribution in [0.2, 0.25) is 0 Å². The van der Waals surface area contributed by atoms with Crippen molar-refractivity contribution in [1.29, 1.82) is 0 Å². The van der Waals surface area contributed by atoms with Crippen LogP contribution in [-0.2, 0) is 25.5 Å². The van der Waals surface area contributed by atoms with E-state index < -0.39 is 12.0 Å². The summed E-state index contributed by atoms with van der Waals surface area (Å²) in [4.78, 5) is 45.2. The van der Waals surface area contributed by atoms with Crippen LogP contribution in [0.1, 0.15) is 93.7 Å². The molecular formula is C38H53FN2O6. The van der Waals surface area contributed by atoms with E-state index in [9.17, 15) is 18.8 Å². The number of fused-ring (bicyclic) bond motifs is 1. The first-order chi connectivity index (χ1) is 22.9. The maximum atomic E-state index is 14.2. The molecule has 3 heterocycles. The molecular weight excluding hydrogens is 599 g/mol.